The van der Waals surface area contributed by atoms with Crippen LogP contribution in [0.5, 0.6) is 5.75 Å². The van der Waals surface area contributed by atoms with Gasteiger partial charge in [-0.3, -0.25) is 0 Å². The average molecular weight is 207 g/mol. The Balaban J connectivity index is 2.77. The van der Waals surface area contributed by atoms with Crippen LogP contribution in [0.15, 0.2) is 24.3 Å². The van der Waals surface area contributed by atoms with Crippen LogP contribution < -0.4 is 10.1 Å². The van der Waals surface area contributed by atoms with E-state index in [4.69, 9.17) is 4.74 Å². The monoisotopic (exact) mass is 207 g/mol. The third-order valence-electron chi connectivity index (χ3n) is 2.43. The molecule has 1 atom stereocenters. The third kappa shape index (κ3) is 3.56. The number of ether oxygens (including phenoxy) is 1. The highest BCUT2D eigenvalue weighted by Gasteiger charge is 2.07. The maximum atomic E-state index is 5.49. The Labute approximate surface area is 92.6 Å². The zero-order valence-corrected chi connectivity index (χ0v) is 9.92. The number of hydrogen-bond acceptors (Lipinski definition) is 2. The van der Waals surface area contributed by atoms with Crippen molar-refractivity contribution in [2.75, 3.05) is 13.2 Å². The summed E-state index contributed by atoms with van der Waals surface area (Å²) in [6.07, 6.45) is 1.10. The molecule has 0 saturated heterocycles. The lowest BCUT2D eigenvalue weighted by molar-refractivity contribution is 0.339. The molecule has 2 heteroatoms. The molecule has 1 N–H and O–H groups in total. The molecule has 0 fully saturated rings. The van der Waals surface area contributed by atoms with E-state index >= 15 is 0 Å². The zero-order chi connectivity index (χ0) is 11.1. The van der Waals surface area contributed by atoms with E-state index in [1.165, 1.54) is 5.56 Å². The molecule has 0 heterocycles. The summed E-state index contributed by atoms with van der Waals surface area (Å²) in [5.41, 5.74) is 1.31. The van der Waals surface area contributed by atoms with E-state index in [0.717, 1.165) is 25.3 Å². The van der Waals surface area contributed by atoms with E-state index in [1.807, 2.05) is 13.0 Å². The average Bonchev–Trinajstić information content (AvgIpc) is 2.27. The Morgan fingerprint density at radius 1 is 1.27 bits per heavy atom. The molecular formula is C13H21NO. The summed E-state index contributed by atoms with van der Waals surface area (Å²) in [7, 11) is 0. The lowest BCUT2D eigenvalue weighted by atomic mass is 10.0. The van der Waals surface area contributed by atoms with Crippen molar-refractivity contribution >= 4 is 0 Å². The molecule has 0 aliphatic rings. The van der Waals surface area contributed by atoms with Crippen LogP contribution in [-0.2, 0) is 0 Å². The van der Waals surface area contributed by atoms with Gasteiger partial charge >= 0.3 is 0 Å². The van der Waals surface area contributed by atoms with Gasteiger partial charge in [0.1, 0.15) is 5.75 Å². The minimum Gasteiger partial charge on any atom is -0.494 e. The molecule has 2 nitrogen and oxygen atoms in total. The first-order valence-corrected chi connectivity index (χ1v) is 5.77. The highest BCUT2D eigenvalue weighted by molar-refractivity contribution is 5.30. The molecule has 0 aliphatic carbocycles. The summed E-state index contributed by atoms with van der Waals surface area (Å²) in [5, 5.41) is 3.46. The van der Waals surface area contributed by atoms with Gasteiger partial charge in [-0.2, -0.15) is 0 Å². The molecule has 1 unspecified atom stereocenters. The highest BCUT2D eigenvalue weighted by Crippen LogP contribution is 2.21. The first-order chi connectivity index (χ1) is 7.31. The molecule has 0 saturated carbocycles. The Morgan fingerprint density at radius 3 is 2.67 bits per heavy atom. The predicted molar refractivity (Wildman–Crippen MR) is 64.3 cm³/mol. The number of rotatable bonds is 6. The second-order valence-electron chi connectivity index (χ2n) is 3.52. The maximum Gasteiger partial charge on any atom is 0.119 e. The van der Waals surface area contributed by atoms with Crippen LogP contribution in [0.2, 0.25) is 0 Å². The minimum atomic E-state index is 0.440. The van der Waals surface area contributed by atoms with E-state index in [2.05, 4.69) is 37.4 Å². The van der Waals surface area contributed by atoms with Gasteiger partial charge in [-0.05, 0) is 37.6 Å². The second-order valence-corrected chi connectivity index (χ2v) is 3.52. The van der Waals surface area contributed by atoms with Gasteiger partial charge in [-0.1, -0.05) is 26.0 Å². The lowest BCUT2D eigenvalue weighted by Gasteiger charge is -2.17. The highest BCUT2D eigenvalue weighted by atomic mass is 16.5. The van der Waals surface area contributed by atoms with Gasteiger partial charge in [-0.15, -0.1) is 0 Å². The number of nitrogens with one attached hydrogen (secondary N) is 1. The fourth-order valence-electron chi connectivity index (χ4n) is 1.73. The maximum absolute atomic E-state index is 5.49. The topological polar surface area (TPSA) is 21.3 Å². The van der Waals surface area contributed by atoms with Gasteiger partial charge < -0.3 is 10.1 Å². The molecule has 1 aromatic rings. The van der Waals surface area contributed by atoms with Crippen molar-refractivity contribution < 1.29 is 4.74 Å². The van der Waals surface area contributed by atoms with Crippen LogP contribution in [0, 0.1) is 0 Å². The molecule has 84 valence electrons. The SMILES string of the molecule is CCNC(CC)c1cccc(OCC)c1. The molecule has 0 radical (unpaired) electrons. The summed E-state index contributed by atoms with van der Waals surface area (Å²) in [5.74, 6) is 0.964. The molecule has 0 bridgehead atoms. The number of benzene rings is 1. The molecule has 0 aromatic heterocycles. The van der Waals surface area contributed by atoms with E-state index in [1.54, 1.807) is 0 Å². The van der Waals surface area contributed by atoms with Crippen LogP contribution in [-0.4, -0.2) is 13.2 Å². The normalized spacial score (nSPS) is 12.5. The van der Waals surface area contributed by atoms with E-state index in [0.29, 0.717) is 6.04 Å². The summed E-state index contributed by atoms with van der Waals surface area (Å²) in [6.45, 7) is 8.06. The van der Waals surface area contributed by atoms with Crippen molar-refractivity contribution in [2.24, 2.45) is 0 Å². The van der Waals surface area contributed by atoms with Crippen LogP contribution in [0.3, 0.4) is 0 Å². The van der Waals surface area contributed by atoms with Crippen LogP contribution in [0.25, 0.3) is 0 Å². The minimum absolute atomic E-state index is 0.440. The molecule has 1 rings (SSSR count). The van der Waals surface area contributed by atoms with Crippen molar-refractivity contribution in [1.82, 2.24) is 5.32 Å². The van der Waals surface area contributed by atoms with Crippen LogP contribution in [0.1, 0.15) is 38.8 Å². The van der Waals surface area contributed by atoms with Gasteiger partial charge in [-0.25, -0.2) is 0 Å². The zero-order valence-electron chi connectivity index (χ0n) is 9.92. The Bertz CT molecular complexity index is 286. The summed E-state index contributed by atoms with van der Waals surface area (Å²) < 4.78 is 5.49. The molecule has 0 aliphatic heterocycles. The quantitative estimate of drug-likeness (QED) is 0.773. The van der Waals surface area contributed by atoms with Crippen molar-refractivity contribution in [3.8, 4) is 5.75 Å². The molecular weight excluding hydrogens is 186 g/mol. The smallest absolute Gasteiger partial charge is 0.119 e. The van der Waals surface area contributed by atoms with Gasteiger partial charge in [0, 0.05) is 6.04 Å². The second kappa shape index (κ2) is 6.46. The Kier molecular flexibility index (Phi) is 5.19. The fourth-order valence-corrected chi connectivity index (χ4v) is 1.73. The van der Waals surface area contributed by atoms with Gasteiger partial charge in [0.25, 0.3) is 0 Å². The summed E-state index contributed by atoms with van der Waals surface area (Å²) in [4.78, 5) is 0. The predicted octanol–water partition coefficient (Wildman–Crippen LogP) is 3.15. The first kappa shape index (κ1) is 12.1. The standard InChI is InChI=1S/C13H21NO/c1-4-13(14-5-2)11-8-7-9-12(10-11)15-6-3/h7-10,13-14H,4-6H2,1-3H3. The summed E-state index contributed by atoms with van der Waals surface area (Å²) >= 11 is 0. The molecule has 0 amide bonds. The molecule has 1 aromatic carbocycles. The fraction of sp³-hybridized carbons (Fsp3) is 0.538. The van der Waals surface area contributed by atoms with Crippen molar-refractivity contribution in [2.45, 2.75) is 33.2 Å². The first-order valence-electron chi connectivity index (χ1n) is 5.77. The lowest BCUT2D eigenvalue weighted by Crippen LogP contribution is -2.19. The van der Waals surface area contributed by atoms with Crippen molar-refractivity contribution in [1.29, 1.82) is 0 Å². The van der Waals surface area contributed by atoms with Crippen molar-refractivity contribution in [3.63, 3.8) is 0 Å². The Morgan fingerprint density at radius 2 is 2.07 bits per heavy atom. The van der Waals surface area contributed by atoms with Gasteiger partial charge in [0.15, 0.2) is 0 Å². The van der Waals surface area contributed by atoms with Gasteiger partial charge in [0.05, 0.1) is 6.61 Å². The van der Waals surface area contributed by atoms with Crippen LogP contribution in [0.4, 0.5) is 0 Å². The Hall–Kier alpha value is -1.02. The number of hydrogen-bond donors (Lipinski definition) is 1. The van der Waals surface area contributed by atoms with E-state index in [9.17, 15) is 0 Å². The summed E-state index contributed by atoms with van der Waals surface area (Å²) in [6, 6.07) is 8.78. The largest absolute Gasteiger partial charge is 0.494 e. The third-order valence-corrected chi connectivity index (χ3v) is 2.43. The van der Waals surface area contributed by atoms with Crippen molar-refractivity contribution in [3.05, 3.63) is 29.8 Å². The van der Waals surface area contributed by atoms with E-state index in [-0.39, 0.29) is 0 Å². The molecule has 0 spiro atoms. The van der Waals surface area contributed by atoms with Gasteiger partial charge in [0.2, 0.25) is 0 Å². The van der Waals surface area contributed by atoms with Crippen LogP contribution >= 0.6 is 0 Å². The molecule has 15 heavy (non-hydrogen) atoms. The van der Waals surface area contributed by atoms with E-state index < -0.39 is 0 Å².